The molecule has 2 heterocycles. The summed E-state index contributed by atoms with van der Waals surface area (Å²) in [6.07, 6.45) is 6.55. The molecule has 0 fully saturated rings. The molecule has 0 spiro atoms. The third kappa shape index (κ3) is 5.81. The third-order valence-electron chi connectivity index (χ3n) is 7.55. The Kier molecular flexibility index (Phi) is 8.07. The van der Waals surface area contributed by atoms with E-state index in [4.69, 9.17) is 14.5 Å². The number of nitrogens with zero attached hydrogens (tertiary/aromatic N) is 3. The molecule has 0 amide bonds. The van der Waals surface area contributed by atoms with Gasteiger partial charge in [0.1, 0.15) is 11.5 Å². The lowest BCUT2D eigenvalue weighted by atomic mass is 9.84. The van der Waals surface area contributed by atoms with E-state index in [1.54, 1.807) is 22.8 Å². The number of rotatable bonds is 8. The molecular weight excluding hydrogens is 562 g/mol. The van der Waals surface area contributed by atoms with Crippen molar-refractivity contribution in [3.05, 3.63) is 136 Å². The molecule has 43 heavy (non-hydrogen) atoms. The second kappa shape index (κ2) is 12.2. The van der Waals surface area contributed by atoms with Crippen LogP contribution in [-0.4, -0.2) is 22.7 Å². The second-order valence-electron chi connectivity index (χ2n) is 10.3. The summed E-state index contributed by atoms with van der Waals surface area (Å²) < 4.78 is 13.6. The number of ether oxygens (including phenoxy) is 2. The zero-order chi connectivity index (χ0) is 29.9. The number of aromatic nitrogens is 1. The molecular formula is C34H31N3O5S. The van der Waals surface area contributed by atoms with Crippen LogP contribution in [0.1, 0.15) is 55.8 Å². The minimum Gasteiger partial charge on any atom is -0.494 e. The van der Waals surface area contributed by atoms with Gasteiger partial charge < -0.3 is 9.47 Å². The van der Waals surface area contributed by atoms with E-state index in [0.29, 0.717) is 28.1 Å². The molecule has 0 radical (unpaired) electrons. The average Bonchev–Trinajstić information content (AvgIpc) is 3.32. The SMILES string of the molecule is CCOc1ccc(/C=C2\CCCC3=C2N=c2s/c(=C\c4cccc([N+](=O)[O-])c4)c(=O)n2[C@H]3c2ccc(OCC)cc2)cc1. The van der Waals surface area contributed by atoms with E-state index in [2.05, 4.69) is 6.08 Å². The normalized spacial score (nSPS) is 17.3. The van der Waals surface area contributed by atoms with Crippen LogP contribution in [-0.2, 0) is 0 Å². The summed E-state index contributed by atoms with van der Waals surface area (Å²) in [7, 11) is 0. The highest BCUT2D eigenvalue weighted by molar-refractivity contribution is 7.07. The fourth-order valence-electron chi connectivity index (χ4n) is 5.68. The van der Waals surface area contributed by atoms with Crippen LogP contribution >= 0.6 is 11.3 Å². The van der Waals surface area contributed by atoms with Gasteiger partial charge in [0, 0.05) is 12.1 Å². The minimum absolute atomic E-state index is 0.0201. The lowest BCUT2D eigenvalue weighted by Crippen LogP contribution is -2.39. The van der Waals surface area contributed by atoms with Crippen LogP contribution in [0, 0.1) is 10.1 Å². The van der Waals surface area contributed by atoms with Crippen molar-refractivity contribution >= 4 is 29.2 Å². The highest BCUT2D eigenvalue weighted by Crippen LogP contribution is 2.41. The van der Waals surface area contributed by atoms with Gasteiger partial charge in [-0.2, -0.15) is 0 Å². The summed E-state index contributed by atoms with van der Waals surface area (Å²) in [6, 6.07) is 22.0. The van der Waals surface area contributed by atoms with Gasteiger partial charge in [-0.1, -0.05) is 47.7 Å². The first kappa shape index (κ1) is 28.4. The molecule has 0 saturated carbocycles. The standard InChI is InChI=1S/C34H31N3O5S/c1-3-41-27-15-11-22(12-16-27)19-25-8-6-10-29-31(25)35-34-36(32(29)24-13-17-28(18-14-24)42-4-2)33(38)30(43-34)21-23-7-5-9-26(20-23)37(39)40/h5,7,9,11-21,32H,3-4,6,8,10H2,1-2H3/b25-19+,30-21-/t32-/m0/s1. The molecule has 4 aromatic rings. The zero-order valence-electron chi connectivity index (χ0n) is 24.0. The van der Waals surface area contributed by atoms with Gasteiger partial charge in [-0.15, -0.1) is 0 Å². The number of fused-ring (bicyclic) bond motifs is 1. The molecule has 1 atom stereocenters. The van der Waals surface area contributed by atoms with Crippen molar-refractivity contribution in [2.75, 3.05) is 13.2 Å². The molecule has 0 bridgehead atoms. The van der Waals surface area contributed by atoms with Gasteiger partial charge in [-0.3, -0.25) is 19.5 Å². The molecule has 3 aromatic carbocycles. The number of nitro groups is 1. The molecule has 6 rings (SSSR count). The number of allylic oxidation sites excluding steroid dienone is 2. The Labute approximate surface area is 252 Å². The van der Waals surface area contributed by atoms with Crippen LogP contribution in [0.3, 0.4) is 0 Å². The molecule has 0 N–H and O–H groups in total. The molecule has 1 aliphatic heterocycles. The van der Waals surface area contributed by atoms with E-state index in [1.165, 1.54) is 23.5 Å². The molecule has 9 heteroatoms. The Hall–Kier alpha value is -4.76. The number of hydrogen-bond acceptors (Lipinski definition) is 7. The summed E-state index contributed by atoms with van der Waals surface area (Å²) in [6.45, 7) is 5.10. The lowest BCUT2D eigenvalue weighted by molar-refractivity contribution is -0.384. The predicted molar refractivity (Wildman–Crippen MR) is 168 cm³/mol. The van der Waals surface area contributed by atoms with Crippen molar-refractivity contribution in [3.8, 4) is 11.5 Å². The Morgan fingerprint density at radius 1 is 0.953 bits per heavy atom. The topological polar surface area (TPSA) is 96.0 Å². The van der Waals surface area contributed by atoms with Gasteiger partial charge in [0.2, 0.25) is 0 Å². The van der Waals surface area contributed by atoms with Crippen molar-refractivity contribution in [3.63, 3.8) is 0 Å². The van der Waals surface area contributed by atoms with E-state index in [9.17, 15) is 14.9 Å². The van der Waals surface area contributed by atoms with E-state index in [0.717, 1.165) is 58.7 Å². The Morgan fingerprint density at radius 2 is 1.65 bits per heavy atom. The van der Waals surface area contributed by atoms with E-state index in [1.807, 2.05) is 62.4 Å². The summed E-state index contributed by atoms with van der Waals surface area (Å²) in [5.74, 6) is 1.61. The Morgan fingerprint density at radius 3 is 2.33 bits per heavy atom. The van der Waals surface area contributed by atoms with Crippen molar-refractivity contribution in [2.45, 2.75) is 39.2 Å². The highest BCUT2D eigenvalue weighted by atomic mass is 32.1. The minimum atomic E-state index is -0.433. The van der Waals surface area contributed by atoms with E-state index in [-0.39, 0.29) is 17.3 Å². The molecule has 2 aliphatic rings. The van der Waals surface area contributed by atoms with Crippen molar-refractivity contribution < 1.29 is 14.4 Å². The predicted octanol–water partition coefficient (Wildman–Crippen LogP) is 6.19. The van der Waals surface area contributed by atoms with Crippen LogP contribution in [0.25, 0.3) is 12.2 Å². The number of hydrogen-bond donors (Lipinski definition) is 0. The average molecular weight is 594 g/mol. The van der Waals surface area contributed by atoms with Crippen LogP contribution in [0.4, 0.5) is 5.69 Å². The summed E-state index contributed by atoms with van der Waals surface area (Å²) in [5.41, 5.74) is 5.64. The van der Waals surface area contributed by atoms with Crippen LogP contribution in [0.2, 0.25) is 0 Å². The highest BCUT2D eigenvalue weighted by Gasteiger charge is 2.32. The van der Waals surface area contributed by atoms with Gasteiger partial charge in [0.05, 0.1) is 34.4 Å². The number of thiazole rings is 1. The Balaban J connectivity index is 1.51. The number of benzene rings is 3. The Bertz CT molecular complexity index is 1920. The smallest absolute Gasteiger partial charge is 0.271 e. The maximum Gasteiger partial charge on any atom is 0.271 e. The largest absolute Gasteiger partial charge is 0.494 e. The fourth-order valence-corrected chi connectivity index (χ4v) is 6.68. The first-order valence-electron chi connectivity index (χ1n) is 14.4. The van der Waals surface area contributed by atoms with E-state index < -0.39 is 4.92 Å². The maximum atomic E-state index is 14.0. The first-order valence-corrected chi connectivity index (χ1v) is 15.2. The van der Waals surface area contributed by atoms with Gasteiger partial charge in [-0.25, -0.2) is 4.99 Å². The van der Waals surface area contributed by atoms with Crippen LogP contribution in [0.15, 0.2) is 99.4 Å². The second-order valence-corrected chi connectivity index (χ2v) is 11.3. The van der Waals surface area contributed by atoms with Crippen LogP contribution in [0.5, 0.6) is 11.5 Å². The summed E-state index contributed by atoms with van der Waals surface area (Å²) in [5, 5.41) is 11.3. The molecule has 218 valence electrons. The molecule has 8 nitrogen and oxygen atoms in total. The van der Waals surface area contributed by atoms with Crippen molar-refractivity contribution in [1.82, 2.24) is 4.57 Å². The first-order chi connectivity index (χ1) is 20.9. The quantitative estimate of drug-likeness (QED) is 0.179. The van der Waals surface area contributed by atoms with Gasteiger partial charge in [0.15, 0.2) is 4.80 Å². The lowest BCUT2D eigenvalue weighted by Gasteiger charge is -2.31. The number of non-ortho nitro benzene ring substituents is 1. The fraction of sp³-hybridized carbons (Fsp3) is 0.235. The maximum absolute atomic E-state index is 14.0. The molecule has 0 saturated heterocycles. The molecule has 1 aromatic heterocycles. The van der Waals surface area contributed by atoms with Gasteiger partial charge >= 0.3 is 0 Å². The summed E-state index contributed by atoms with van der Waals surface area (Å²) >= 11 is 1.31. The van der Waals surface area contributed by atoms with Crippen LogP contribution < -0.4 is 24.4 Å². The van der Waals surface area contributed by atoms with Gasteiger partial charge in [-0.05, 0) is 97.4 Å². The van der Waals surface area contributed by atoms with Crippen molar-refractivity contribution in [1.29, 1.82) is 0 Å². The third-order valence-corrected chi connectivity index (χ3v) is 8.53. The number of nitro benzene ring substituents is 1. The zero-order valence-corrected chi connectivity index (χ0v) is 24.8. The molecule has 1 aliphatic carbocycles. The van der Waals surface area contributed by atoms with Gasteiger partial charge in [0.25, 0.3) is 11.2 Å². The van der Waals surface area contributed by atoms with E-state index >= 15 is 0 Å². The van der Waals surface area contributed by atoms with Crippen molar-refractivity contribution in [2.24, 2.45) is 4.99 Å². The molecule has 0 unspecified atom stereocenters. The summed E-state index contributed by atoms with van der Waals surface area (Å²) in [4.78, 5) is 30.6. The monoisotopic (exact) mass is 593 g/mol.